The summed E-state index contributed by atoms with van der Waals surface area (Å²) in [5, 5.41) is 0. The molecule has 21 heavy (non-hydrogen) atoms. The minimum absolute atomic E-state index is 0.611. The van der Waals surface area contributed by atoms with E-state index in [1.54, 1.807) is 12.1 Å². The zero-order valence-electron chi connectivity index (χ0n) is 12.5. The number of hydrogen-bond donors (Lipinski definition) is 1. The molecule has 0 aromatic heterocycles. The molecule has 0 aliphatic carbocycles. The highest BCUT2D eigenvalue weighted by molar-refractivity contribution is 5.51. The lowest BCUT2D eigenvalue weighted by atomic mass is 10.2. The summed E-state index contributed by atoms with van der Waals surface area (Å²) in [4.78, 5) is 0. The molecule has 0 saturated heterocycles. The number of ether oxygens (including phenoxy) is 3. The summed E-state index contributed by atoms with van der Waals surface area (Å²) in [5.74, 6) is 2.84. The van der Waals surface area contributed by atoms with Crippen LogP contribution in [0, 0.1) is 0 Å². The molecule has 0 radical (unpaired) electrons. The van der Waals surface area contributed by atoms with E-state index in [4.69, 9.17) is 19.9 Å². The van der Waals surface area contributed by atoms with Crippen molar-refractivity contribution in [3.63, 3.8) is 0 Å². The van der Waals surface area contributed by atoms with Gasteiger partial charge in [-0.15, -0.1) is 0 Å². The van der Waals surface area contributed by atoms with Crippen LogP contribution in [-0.2, 0) is 0 Å². The molecule has 0 saturated carbocycles. The molecule has 0 aliphatic rings. The Bertz CT molecular complexity index is 584. The lowest BCUT2D eigenvalue weighted by Gasteiger charge is -2.11. The maximum atomic E-state index is 5.88. The number of rotatable bonds is 7. The molecule has 0 spiro atoms. The highest BCUT2D eigenvalue weighted by Gasteiger charge is 2.04. The number of nitrogen functional groups attached to an aromatic ring is 1. The molecule has 2 N–H and O–H groups in total. The fraction of sp³-hybridized carbons (Fsp3) is 0.294. The van der Waals surface area contributed by atoms with Crippen LogP contribution in [0.25, 0.3) is 0 Å². The van der Waals surface area contributed by atoms with Gasteiger partial charge in [0.15, 0.2) is 0 Å². The first-order valence-electron chi connectivity index (χ1n) is 7.15. The van der Waals surface area contributed by atoms with E-state index in [1.807, 2.05) is 37.3 Å². The van der Waals surface area contributed by atoms with Crippen LogP contribution in [-0.4, -0.2) is 13.2 Å². The Morgan fingerprint density at radius 1 is 0.857 bits per heavy atom. The summed E-state index contributed by atoms with van der Waals surface area (Å²) >= 11 is 0. The highest BCUT2D eigenvalue weighted by Crippen LogP contribution is 2.30. The third-order valence-electron chi connectivity index (χ3n) is 2.73. The summed E-state index contributed by atoms with van der Waals surface area (Å²) in [7, 11) is 0. The third-order valence-corrected chi connectivity index (χ3v) is 2.73. The van der Waals surface area contributed by atoms with Crippen molar-refractivity contribution >= 4 is 5.69 Å². The molecule has 2 aromatic carbocycles. The zero-order valence-corrected chi connectivity index (χ0v) is 12.5. The van der Waals surface area contributed by atoms with Gasteiger partial charge in [0.25, 0.3) is 0 Å². The van der Waals surface area contributed by atoms with Crippen LogP contribution in [0.1, 0.15) is 20.3 Å². The summed E-state index contributed by atoms with van der Waals surface area (Å²) in [5.41, 5.74) is 6.49. The van der Waals surface area contributed by atoms with Gasteiger partial charge in [0, 0.05) is 30.0 Å². The molecule has 112 valence electrons. The van der Waals surface area contributed by atoms with E-state index in [-0.39, 0.29) is 0 Å². The van der Waals surface area contributed by atoms with Crippen molar-refractivity contribution in [1.29, 1.82) is 0 Å². The minimum Gasteiger partial charge on any atom is -0.494 e. The topological polar surface area (TPSA) is 53.7 Å². The van der Waals surface area contributed by atoms with Crippen molar-refractivity contribution in [2.75, 3.05) is 18.9 Å². The molecule has 0 aliphatic heterocycles. The predicted molar refractivity (Wildman–Crippen MR) is 84.3 cm³/mol. The third kappa shape index (κ3) is 4.60. The van der Waals surface area contributed by atoms with Crippen LogP contribution >= 0.6 is 0 Å². The Morgan fingerprint density at radius 2 is 1.57 bits per heavy atom. The fourth-order valence-corrected chi connectivity index (χ4v) is 1.89. The van der Waals surface area contributed by atoms with Crippen molar-refractivity contribution < 1.29 is 14.2 Å². The quantitative estimate of drug-likeness (QED) is 0.773. The number of hydrogen-bond acceptors (Lipinski definition) is 4. The van der Waals surface area contributed by atoms with E-state index in [9.17, 15) is 0 Å². The monoisotopic (exact) mass is 287 g/mol. The van der Waals surface area contributed by atoms with Gasteiger partial charge in [-0.05, 0) is 25.5 Å². The summed E-state index contributed by atoms with van der Waals surface area (Å²) < 4.78 is 16.9. The maximum Gasteiger partial charge on any atom is 0.133 e. The average molecular weight is 287 g/mol. The van der Waals surface area contributed by atoms with Gasteiger partial charge in [-0.25, -0.2) is 0 Å². The lowest BCUT2D eigenvalue weighted by Crippen LogP contribution is -1.97. The number of anilines is 1. The highest BCUT2D eigenvalue weighted by atomic mass is 16.5. The van der Waals surface area contributed by atoms with Crippen molar-refractivity contribution in [2.45, 2.75) is 20.3 Å². The first-order chi connectivity index (χ1) is 10.2. The van der Waals surface area contributed by atoms with E-state index >= 15 is 0 Å². The second-order valence-corrected chi connectivity index (χ2v) is 4.60. The molecular weight excluding hydrogens is 266 g/mol. The van der Waals surface area contributed by atoms with E-state index in [2.05, 4.69) is 6.92 Å². The molecular formula is C17H21NO3. The molecule has 0 atom stereocenters. The van der Waals surface area contributed by atoms with Crippen molar-refractivity contribution in [3.8, 4) is 23.0 Å². The summed E-state index contributed by atoms with van der Waals surface area (Å²) in [6.45, 7) is 5.28. The maximum absolute atomic E-state index is 5.88. The normalized spacial score (nSPS) is 10.2. The number of nitrogens with two attached hydrogens (primary N) is 1. The van der Waals surface area contributed by atoms with Crippen LogP contribution in [0.3, 0.4) is 0 Å². The predicted octanol–water partition coefficient (Wildman–Crippen LogP) is 4.25. The van der Waals surface area contributed by atoms with Crippen LogP contribution in [0.5, 0.6) is 23.0 Å². The Kier molecular flexibility index (Phi) is 5.32. The SMILES string of the molecule is CCCOc1cc(N)cc(Oc2cccc(OCC)c2)c1. The van der Waals surface area contributed by atoms with Gasteiger partial charge < -0.3 is 19.9 Å². The lowest BCUT2D eigenvalue weighted by molar-refractivity contribution is 0.316. The summed E-state index contributed by atoms with van der Waals surface area (Å²) in [6.07, 6.45) is 0.946. The standard InChI is InChI=1S/C17H21NO3/c1-3-8-20-16-9-13(18)10-17(12-16)21-15-7-5-6-14(11-15)19-4-2/h5-7,9-12H,3-4,8,18H2,1-2H3. The minimum atomic E-state index is 0.611. The first kappa shape index (κ1) is 15.0. The van der Waals surface area contributed by atoms with Gasteiger partial charge in [-0.2, -0.15) is 0 Å². The van der Waals surface area contributed by atoms with Gasteiger partial charge in [0.1, 0.15) is 23.0 Å². The Balaban J connectivity index is 2.14. The molecule has 2 aromatic rings. The number of benzene rings is 2. The first-order valence-corrected chi connectivity index (χ1v) is 7.15. The van der Waals surface area contributed by atoms with Gasteiger partial charge in [0.05, 0.1) is 13.2 Å². The molecule has 2 rings (SSSR count). The molecule has 0 bridgehead atoms. The van der Waals surface area contributed by atoms with Crippen molar-refractivity contribution in [1.82, 2.24) is 0 Å². The largest absolute Gasteiger partial charge is 0.494 e. The molecule has 4 heteroatoms. The molecule has 0 fully saturated rings. The van der Waals surface area contributed by atoms with Crippen LogP contribution < -0.4 is 19.9 Å². The van der Waals surface area contributed by atoms with Crippen LogP contribution in [0.15, 0.2) is 42.5 Å². The average Bonchev–Trinajstić information content (AvgIpc) is 2.45. The molecule has 0 amide bonds. The van der Waals surface area contributed by atoms with Gasteiger partial charge in [0.2, 0.25) is 0 Å². The Labute approximate surface area is 125 Å². The zero-order chi connectivity index (χ0) is 15.1. The van der Waals surface area contributed by atoms with E-state index < -0.39 is 0 Å². The van der Waals surface area contributed by atoms with E-state index in [1.165, 1.54) is 0 Å². The Morgan fingerprint density at radius 3 is 2.33 bits per heavy atom. The van der Waals surface area contributed by atoms with Gasteiger partial charge in [-0.1, -0.05) is 13.0 Å². The Hall–Kier alpha value is -2.36. The van der Waals surface area contributed by atoms with Gasteiger partial charge >= 0.3 is 0 Å². The second-order valence-electron chi connectivity index (χ2n) is 4.60. The summed E-state index contributed by atoms with van der Waals surface area (Å²) in [6, 6.07) is 12.9. The van der Waals surface area contributed by atoms with Gasteiger partial charge in [-0.3, -0.25) is 0 Å². The molecule has 0 unspecified atom stereocenters. The second kappa shape index (κ2) is 7.43. The smallest absolute Gasteiger partial charge is 0.133 e. The molecule has 0 heterocycles. The van der Waals surface area contributed by atoms with Crippen LogP contribution in [0.2, 0.25) is 0 Å². The fourth-order valence-electron chi connectivity index (χ4n) is 1.89. The van der Waals surface area contributed by atoms with Crippen LogP contribution in [0.4, 0.5) is 5.69 Å². The van der Waals surface area contributed by atoms with E-state index in [0.717, 1.165) is 12.2 Å². The van der Waals surface area contributed by atoms with Crippen molar-refractivity contribution in [2.24, 2.45) is 0 Å². The van der Waals surface area contributed by atoms with E-state index in [0.29, 0.717) is 36.1 Å². The van der Waals surface area contributed by atoms with Crippen molar-refractivity contribution in [3.05, 3.63) is 42.5 Å². The molecule has 4 nitrogen and oxygen atoms in total.